The third-order valence-electron chi connectivity index (χ3n) is 5.61. The maximum absolute atomic E-state index is 9.35. The lowest BCUT2D eigenvalue weighted by Gasteiger charge is -2.28. The van der Waals surface area contributed by atoms with Crippen molar-refractivity contribution in [2.24, 2.45) is 0 Å². The third kappa shape index (κ3) is 3.33. The zero-order chi connectivity index (χ0) is 14.6. The van der Waals surface area contributed by atoms with E-state index in [1.807, 2.05) is 7.05 Å². The lowest BCUT2D eigenvalue weighted by Crippen LogP contribution is -2.42. The maximum atomic E-state index is 9.35. The Hall–Kier alpha value is -0.630. The Bertz CT molecular complexity index is 345. The summed E-state index contributed by atoms with van der Waals surface area (Å²) in [6.07, 6.45) is 7.03. The van der Waals surface area contributed by atoms with E-state index < -0.39 is 0 Å². The Morgan fingerprint density at radius 2 is 2.05 bits per heavy atom. The van der Waals surface area contributed by atoms with Crippen LogP contribution in [0.5, 0.6) is 0 Å². The Kier molecular flexibility index (Phi) is 5.42. The summed E-state index contributed by atoms with van der Waals surface area (Å²) in [6, 6.07) is 4.04. The summed E-state index contributed by atoms with van der Waals surface area (Å²) in [4.78, 5) is 5.22. The van der Waals surface area contributed by atoms with Crippen molar-refractivity contribution in [3.8, 4) is 6.07 Å². The summed E-state index contributed by atoms with van der Waals surface area (Å²) in [5.41, 5.74) is -0.318. The third-order valence-corrected chi connectivity index (χ3v) is 5.61. The molecule has 20 heavy (non-hydrogen) atoms. The molecule has 2 bridgehead atoms. The second-order valence-electron chi connectivity index (χ2n) is 6.54. The van der Waals surface area contributed by atoms with Crippen molar-refractivity contribution in [2.45, 2.75) is 63.1 Å². The standard InChI is InChI=1S/C16H30N4/c1-4-16(13-17,18-2)9-5-10-20-11-8-14-6-7-15(12-20)19(14)3/h14-15,18H,4-12H2,1-3H3. The van der Waals surface area contributed by atoms with E-state index in [2.05, 4.69) is 35.2 Å². The number of rotatable bonds is 6. The molecule has 3 unspecified atom stereocenters. The van der Waals surface area contributed by atoms with Gasteiger partial charge in [-0.1, -0.05) is 6.92 Å². The van der Waals surface area contributed by atoms with Gasteiger partial charge < -0.3 is 10.2 Å². The molecule has 3 atom stereocenters. The molecule has 2 rings (SSSR count). The molecule has 0 aliphatic carbocycles. The van der Waals surface area contributed by atoms with Gasteiger partial charge in [-0.3, -0.25) is 4.90 Å². The van der Waals surface area contributed by atoms with E-state index in [0.717, 1.165) is 37.9 Å². The highest BCUT2D eigenvalue weighted by Gasteiger charge is 2.34. The number of nitrogens with one attached hydrogen (secondary N) is 1. The molecule has 0 saturated carbocycles. The lowest BCUT2D eigenvalue weighted by molar-refractivity contribution is 0.212. The van der Waals surface area contributed by atoms with Crippen molar-refractivity contribution in [3.63, 3.8) is 0 Å². The molecule has 2 heterocycles. The van der Waals surface area contributed by atoms with Gasteiger partial charge in [0.2, 0.25) is 0 Å². The van der Waals surface area contributed by atoms with Crippen LogP contribution < -0.4 is 5.32 Å². The van der Waals surface area contributed by atoms with Crippen LogP contribution >= 0.6 is 0 Å². The molecule has 2 saturated heterocycles. The zero-order valence-electron chi connectivity index (χ0n) is 13.4. The first-order valence-electron chi connectivity index (χ1n) is 8.18. The predicted molar refractivity (Wildman–Crippen MR) is 82.6 cm³/mol. The van der Waals surface area contributed by atoms with Crippen LogP contribution in [0.15, 0.2) is 0 Å². The van der Waals surface area contributed by atoms with Crippen molar-refractivity contribution >= 4 is 0 Å². The van der Waals surface area contributed by atoms with Gasteiger partial charge in [0.25, 0.3) is 0 Å². The van der Waals surface area contributed by atoms with Crippen LogP contribution in [0, 0.1) is 11.3 Å². The van der Waals surface area contributed by atoms with Gasteiger partial charge in [0.1, 0.15) is 5.54 Å². The first-order chi connectivity index (χ1) is 9.64. The molecule has 114 valence electrons. The fourth-order valence-electron chi connectivity index (χ4n) is 3.86. The molecule has 2 fully saturated rings. The molecule has 0 spiro atoms. The smallest absolute Gasteiger partial charge is 0.106 e. The van der Waals surface area contributed by atoms with Crippen LogP contribution in [-0.4, -0.2) is 61.2 Å². The molecular formula is C16H30N4. The van der Waals surface area contributed by atoms with Crippen molar-refractivity contribution in [3.05, 3.63) is 0 Å². The summed E-state index contributed by atoms with van der Waals surface area (Å²) in [7, 11) is 4.21. The minimum atomic E-state index is -0.318. The van der Waals surface area contributed by atoms with Gasteiger partial charge in [0.15, 0.2) is 0 Å². The minimum Gasteiger partial charge on any atom is -0.302 e. The first kappa shape index (κ1) is 15.8. The highest BCUT2D eigenvalue weighted by atomic mass is 15.3. The number of likely N-dealkylation sites (tertiary alicyclic amines) is 1. The molecule has 2 aliphatic heterocycles. The Morgan fingerprint density at radius 1 is 1.30 bits per heavy atom. The van der Waals surface area contributed by atoms with Crippen LogP contribution in [0.25, 0.3) is 0 Å². The van der Waals surface area contributed by atoms with Crippen molar-refractivity contribution < 1.29 is 0 Å². The molecule has 0 aromatic carbocycles. The monoisotopic (exact) mass is 278 g/mol. The fraction of sp³-hybridized carbons (Fsp3) is 0.938. The van der Waals surface area contributed by atoms with E-state index in [4.69, 9.17) is 0 Å². The molecule has 0 aromatic heterocycles. The lowest BCUT2D eigenvalue weighted by atomic mass is 9.92. The van der Waals surface area contributed by atoms with Crippen LogP contribution in [0.4, 0.5) is 0 Å². The van der Waals surface area contributed by atoms with Gasteiger partial charge in [-0.05, 0) is 65.7 Å². The van der Waals surface area contributed by atoms with Crippen LogP contribution in [0.1, 0.15) is 45.4 Å². The van der Waals surface area contributed by atoms with E-state index in [9.17, 15) is 5.26 Å². The van der Waals surface area contributed by atoms with Crippen molar-refractivity contribution in [1.82, 2.24) is 15.1 Å². The highest BCUT2D eigenvalue weighted by Crippen LogP contribution is 2.28. The Labute approximate surface area is 124 Å². The van der Waals surface area contributed by atoms with E-state index in [-0.39, 0.29) is 5.54 Å². The topological polar surface area (TPSA) is 42.3 Å². The van der Waals surface area contributed by atoms with E-state index >= 15 is 0 Å². The predicted octanol–water partition coefficient (Wildman–Crippen LogP) is 1.83. The summed E-state index contributed by atoms with van der Waals surface area (Å²) < 4.78 is 0. The highest BCUT2D eigenvalue weighted by molar-refractivity contribution is 5.05. The summed E-state index contributed by atoms with van der Waals surface area (Å²) in [6.45, 7) is 5.69. The van der Waals surface area contributed by atoms with Gasteiger partial charge in [-0.15, -0.1) is 0 Å². The molecule has 0 amide bonds. The average Bonchev–Trinajstić information content (AvgIpc) is 2.72. The van der Waals surface area contributed by atoms with E-state index in [1.54, 1.807) is 0 Å². The van der Waals surface area contributed by atoms with Gasteiger partial charge in [0.05, 0.1) is 6.07 Å². The quantitative estimate of drug-likeness (QED) is 0.805. The Balaban J connectivity index is 1.79. The molecular weight excluding hydrogens is 248 g/mol. The zero-order valence-corrected chi connectivity index (χ0v) is 13.4. The largest absolute Gasteiger partial charge is 0.302 e. The molecule has 0 radical (unpaired) electrons. The first-order valence-corrected chi connectivity index (χ1v) is 8.18. The van der Waals surface area contributed by atoms with Crippen LogP contribution in [-0.2, 0) is 0 Å². The molecule has 2 aliphatic rings. The summed E-state index contributed by atoms with van der Waals surface area (Å²) in [5, 5.41) is 12.6. The number of hydrogen-bond acceptors (Lipinski definition) is 4. The second kappa shape index (κ2) is 6.89. The number of fused-ring (bicyclic) bond motifs is 2. The van der Waals surface area contributed by atoms with Gasteiger partial charge in [-0.25, -0.2) is 0 Å². The van der Waals surface area contributed by atoms with Gasteiger partial charge >= 0.3 is 0 Å². The van der Waals surface area contributed by atoms with Gasteiger partial charge in [0, 0.05) is 18.6 Å². The number of likely N-dealkylation sites (N-methyl/N-ethyl adjacent to an activating group) is 1. The summed E-state index contributed by atoms with van der Waals surface area (Å²) >= 11 is 0. The van der Waals surface area contributed by atoms with Gasteiger partial charge in [-0.2, -0.15) is 5.26 Å². The minimum absolute atomic E-state index is 0.318. The molecule has 0 aromatic rings. The molecule has 1 N–H and O–H groups in total. The fourth-order valence-corrected chi connectivity index (χ4v) is 3.86. The van der Waals surface area contributed by atoms with E-state index in [1.165, 1.54) is 32.4 Å². The van der Waals surface area contributed by atoms with Crippen molar-refractivity contribution in [1.29, 1.82) is 5.26 Å². The second-order valence-corrected chi connectivity index (χ2v) is 6.54. The average molecular weight is 278 g/mol. The molecule has 4 heteroatoms. The number of nitriles is 1. The maximum Gasteiger partial charge on any atom is 0.106 e. The van der Waals surface area contributed by atoms with Crippen LogP contribution in [0.2, 0.25) is 0 Å². The summed E-state index contributed by atoms with van der Waals surface area (Å²) in [5.74, 6) is 0. The molecule has 4 nitrogen and oxygen atoms in total. The van der Waals surface area contributed by atoms with Crippen molar-refractivity contribution in [2.75, 3.05) is 33.7 Å². The van der Waals surface area contributed by atoms with Crippen LogP contribution in [0.3, 0.4) is 0 Å². The SMILES string of the molecule is CCC(C#N)(CCCN1CCC2CCC(C1)N2C)NC. The van der Waals surface area contributed by atoms with E-state index in [0.29, 0.717) is 0 Å². The normalized spacial score (nSPS) is 30.7. The number of hydrogen-bond donors (Lipinski definition) is 1. The number of nitrogens with zero attached hydrogens (tertiary/aromatic N) is 3. The Morgan fingerprint density at radius 3 is 2.70 bits per heavy atom.